The summed E-state index contributed by atoms with van der Waals surface area (Å²) in [5.74, 6) is 0.310. The van der Waals surface area contributed by atoms with E-state index in [9.17, 15) is 18.0 Å². The Morgan fingerprint density at radius 3 is 2.52 bits per heavy atom. The van der Waals surface area contributed by atoms with Crippen LogP contribution in [0.4, 0.5) is 0 Å². The molecule has 174 valence electrons. The number of piperidine rings is 1. The predicted octanol–water partition coefficient (Wildman–Crippen LogP) is 1.48. The van der Waals surface area contributed by atoms with Crippen molar-refractivity contribution in [1.82, 2.24) is 14.9 Å². The van der Waals surface area contributed by atoms with Crippen LogP contribution in [0.1, 0.15) is 25.7 Å². The molecule has 10 heteroatoms. The number of carbonyl (C=O) groups is 2. The van der Waals surface area contributed by atoms with Gasteiger partial charge in [0.2, 0.25) is 21.8 Å². The average molecular weight is 472 g/mol. The minimum atomic E-state index is -3.79. The fraction of sp³-hybridized carbons (Fsp3) is 0.619. The third-order valence-corrected chi connectivity index (χ3v) is 7.39. The van der Waals surface area contributed by atoms with Gasteiger partial charge in [-0.2, -0.15) is 16.5 Å². The third-order valence-electron chi connectivity index (χ3n) is 5.26. The van der Waals surface area contributed by atoms with Gasteiger partial charge < -0.3 is 15.0 Å². The van der Waals surface area contributed by atoms with E-state index in [2.05, 4.69) is 10.0 Å². The smallest absolute Gasteiger partial charge is 0.241 e. The minimum absolute atomic E-state index is 0.00640. The summed E-state index contributed by atoms with van der Waals surface area (Å²) in [4.78, 5) is 27.2. The highest BCUT2D eigenvalue weighted by Gasteiger charge is 2.32. The highest BCUT2D eigenvalue weighted by Crippen LogP contribution is 2.20. The molecule has 8 nitrogen and oxygen atoms in total. The molecule has 1 unspecified atom stereocenters. The fourth-order valence-corrected chi connectivity index (χ4v) is 5.19. The van der Waals surface area contributed by atoms with Crippen LogP contribution in [0.5, 0.6) is 0 Å². The number of ether oxygens (including phenoxy) is 1. The molecule has 1 aromatic rings. The number of methoxy groups -OCH3 is 1. The summed E-state index contributed by atoms with van der Waals surface area (Å²) in [6.07, 6.45) is 4.24. The molecule has 1 saturated heterocycles. The first-order valence-corrected chi connectivity index (χ1v) is 13.4. The maximum Gasteiger partial charge on any atom is 0.241 e. The predicted molar refractivity (Wildman–Crippen MR) is 122 cm³/mol. The van der Waals surface area contributed by atoms with Crippen molar-refractivity contribution in [2.24, 2.45) is 5.92 Å². The second kappa shape index (κ2) is 13.0. The first-order valence-electron chi connectivity index (χ1n) is 10.5. The van der Waals surface area contributed by atoms with Gasteiger partial charge in [-0.25, -0.2) is 8.42 Å². The van der Waals surface area contributed by atoms with Crippen LogP contribution in [0.2, 0.25) is 0 Å². The summed E-state index contributed by atoms with van der Waals surface area (Å²) >= 11 is 1.56. The lowest BCUT2D eigenvalue weighted by Gasteiger charge is -2.34. The normalized spacial score (nSPS) is 16.1. The maximum absolute atomic E-state index is 13.1. The van der Waals surface area contributed by atoms with E-state index in [0.29, 0.717) is 51.3 Å². The molecular formula is C21H33N3O5S2. The summed E-state index contributed by atoms with van der Waals surface area (Å²) in [7, 11) is -2.17. The molecule has 0 saturated carbocycles. The summed E-state index contributed by atoms with van der Waals surface area (Å²) in [6.45, 7) is 2.06. The van der Waals surface area contributed by atoms with Gasteiger partial charge >= 0.3 is 0 Å². The van der Waals surface area contributed by atoms with Crippen LogP contribution in [0, 0.1) is 5.92 Å². The zero-order valence-corrected chi connectivity index (χ0v) is 19.8. The van der Waals surface area contributed by atoms with E-state index in [1.807, 2.05) is 6.26 Å². The number of rotatable bonds is 12. The summed E-state index contributed by atoms with van der Waals surface area (Å²) < 4.78 is 33.0. The Morgan fingerprint density at radius 2 is 1.90 bits per heavy atom. The van der Waals surface area contributed by atoms with Crippen LogP contribution in [0.3, 0.4) is 0 Å². The summed E-state index contributed by atoms with van der Waals surface area (Å²) in [6, 6.07) is 7.24. The quantitative estimate of drug-likeness (QED) is 0.448. The standard InChI is InChI=1S/C21H33N3O5S2/c1-29-15-6-12-22-20(25)17-9-13-24(14-10-17)21(26)19(11-16-30-2)23-31(27,28)18-7-4-3-5-8-18/h3-5,7-8,17,19,23H,6,9-16H2,1-2H3,(H,22,25). The van der Waals surface area contributed by atoms with Crippen molar-refractivity contribution in [3.05, 3.63) is 30.3 Å². The largest absolute Gasteiger partial charge is 0.385 e. The first kappa shape index (κ1) is 25.6. The molecule has 1 aromatic carbocycles. The Kier molecular flexibility index (Phi) is 10.8. The van der Waals surface area contributed by atoms with Crippen LogP contribution in [-0.2, 0) is 24.3 Å². The topological polar surface area (TPSA) is 105 Å². The molecule has 1 heterocycles. The Balaban J connectivity index is 1.94. The van der Waals surface area contributed by atoms with E-state index in [4.69, 9.17) is 4.74 Å². The molecule has 0 radical (unpaired) electrons. The number of nitrogens with zero attached hydrogens (tertiary/aromatic N) is 1. The van der Waals surface area contributed by atoms with Gasteiger partial charge in [-0.05, 0) is 49.8 Å². The molecule has 0 spiro atoms. The van der Waals surface area contributed by atoms with E-state index in [-0.39, 0.29) is 22.6 Å². The molecule has 1 aliphatic heterocycles. The van der Waals surface area contributed by atoms with E-state index >= 15 is 0 Å². The number of hydrogen-bond acceptors (Lipinski definition) is 6. The average Bonchev–Trinajstić information content (AvgIpc) is 2.79. The van der Waals surface area contributed by atoms with E-state index in [1.54, 1.807) is 42.0 Å². The van der Waals surface area contributed by atoms with E-state index in [1.165, 1.54) is 12.1 Å². The van der Waals surface area contributed by atoms with Crippen molar-refractivity contribution in [1.29, 1.82) is 0 Å². The van der Waals surface area contributed by atoms with Crippen LogP contribution >= 0.6 is 11.8 Å². The molecule has 2 amide bonds. The Hall–Kier alpha value is -1.62. The highest BCUT2D eigenvalue weighted by atomic mass is 32.2. The lowest BCUT2D eigenvalue weighted by molar-refractivity contribution is -0.137. The summed E-state index contributed by atoms with van der Waals surface area (Å²) in [5.41, 5.74) is 0. The Bertz CT molecular complexity index is 796. The Labute approximate surface area is 189 Å². The van der Waals surface area contributed by atoms with Crippen LogP contribution in [0.25, 0.3) is 0 Å². The van der Waals surface area contributed by atoms with Crippen molar-refractivity contribution < 1.29 is 22.7 Å². The molecule has 1 atom stereocenters. The number of nitrogens with one attached hydrogen (secondary N) is 2. The third kappa shape index (κ3) is 8.10. The fourth-order valence-electron chi connectivity index (χ4n) is 3.48. The molecule has 31 heavy (non-hydrogen) atoms. The van der Waals surface area contributed by atoms with Crippen LogP contribution in [-0.4, -0.2) is 76.5 Å². The molecule has 1 aliphatic rings. The van der Waals surface area contributed by atoms with Crippen LogP contribution < -0.4 is 10.0 Å². The SMILES string of the molecule is COCCCNC(=O)C1CCN(C(=O)C(CCSC)NS(=O)(=O)c2ccccc2)CC1. The number of sulfonamides is 1. The van der Waals surface area contributed by atoms with Crippen molar-refractivity contribution in [3.63, 3.8) is 0 Å². The van der Waals surface area contributed by atoms with Gasteiger partial charge in [-0.3, -0.25) is 9.59 Å². The molecular weight excluding hydrogens is 438 g/mol. The zero-order valence-electron chi connectivity index (χ0n) is 18.2. The number of carbonyl (C=O) groups excluding carboxylic acids is 2. The zero-order chi connectivity index (χ0) is 22.7. The van der Waals surface area contributed by atoms with Gasteiger partial charge in [-0.1, -0.05) is 18.2 Å². The molecule has 1 fully saturated rings. The van der Waals surface area contributed by atoms with E-state index in [0.717, 1.165) is 6.42 Å². The number of hydrogen-bond donors (Lipinski definition) is 2. The number of benzene rings is 1. The number of likely N-dealkylation sites (tertiary alicyclic amines) is 1. The molecule has 0 aromatic heterocycles. The maximum atomic E-state index is 13.1. The highest BCUT2D eigenvalue weighted by molar-refractivity contribution is 7.98. The molecule has 2 rings (SSSR count). The van der Waals surface area contributed by atoms with Gasteiger partial charge in [0.05, 0.1) is 4.90 Å². The molecule has 0 aliphatic carbocycles. The van der Waals surface area contributed by atoms with Crippen LogP contribution in [0.15, 0.2) is 35.2 Å². The molecule has 0 bridgehead atoms. The lowest BCUT2D eigenvalue weighted by Crippen LogP contribution is -2.51. The van der Waals surface area contributed by atoms with Crippen molar-refractivity contribution in [2.75, 3.05) is 45.4 Å². The Morgan fingerprint density at radius 1 is 1.23 bits per heavy atom. The van der Waals surface area contributed by atoms with Gasteiger partial charge in [0.1, 0.15) is 6.04 Å². The van der Waals surface area contributed by atoms with Crippen molar-refractivity contribution in [2.45, 2.75) is 36.6 Å². The number of amides is 2. The van der Waals surface area contributed by atoms with Gasteiger partial charge in [0, 0.05) is 39.3 Å². The lowest BCUT2D eigenvalue weighted by atomic mass is 9.95. The number of thioether (sulfide) groups is 1. The monoisotopic (exact) mass is 471 g/mol. The second-order valence-electron chi connectivity index (χ2n) is 7.51. The summed E-state index contributed by atoms with van der Waals surface area (Å²) in [5, 5.41) is 2.91. The molecule has 2 N–H and O–H groups in total. The van der Waals surface area contributed by atoms with Gasteiger partial charge in [0.15, 0.2) is 0 Å². The first-order chi connectivity index (χ1) is 14.9. The minimum Gasteiger partial charge on any atom is -0.385 e. The van der Waals surface area contributed by atoms with Crippen molar-refractivity contribution >= 4 is 33.6 Å². The van der Waals surface area contributed by atoms with Gasteiger partial charge in [0.25, 0.3) is 0 Å². The van der Waals surface area contributed by atoms with Gasteiger partial charge in [-0.15, -0.1) is 0 Å². The van der Waals surface area contributed by atoms with Crippen molar-refractivity contribution in [3.8, 4) is 0 Å². The van der Waals surface area contributed by atoms with E-state index < -0.39 is 16.1 Å². The second-order valence-corrected chi connectivity index (χ2v) is 10.2.